The predicted molar refractivity (Wildman–Crippen MR) is 120 cm³/mol. The van der Waals surface area contributed by atoms with E-state index in [-0.39, 0.29) is 5.76 Å². The molecule has 0 spiro atoms. The molecule has 0 aromatic heterocycles. The second-order valence-corrected chi connectivity index (χ2v) is 8.02. The number of carbonyl (C=O) groups excluding carboxylic acids is 1. The summed E-state index contributed by atoms with van der Waals surface area (Å²) in [4.78, 5) is 14.8. The lowest BCUT2D eigenvalue weighted by molar-refractivity contribution is -0.116. The molecule has 1 saturated heterocycles. The van der Waals surface area contributed by atoms with Crippen LogP contribution in [0.3, 0.4) is 0 Å². The number of hydrogen-bond donors (Lipinski definition) is 3. The van der Waals surface area contributed by atoms with E-state index in [0.717, 1.165) is 25.5 Å². The van der Waals surface area contributed by atoms with Crippen LogP contribution in [0.1, 0.15) is 19.3 Å². The fourth-order valence-corrected chi connectivity index (χ4v) is 3.63. The lowest BCUT2D eigenvalue weighted by Gasteiger charge is -2.34. The molecular weight excluding hydrogens is 428 g/mol. The molecule has 164 valence electrons. The summed E-state index contributed by atoms with van der Waals surface area (Å²) >= 11 is 3.96. The van der Waals surface area contributed by atoms with Gasteiger partial charge in [-0.15, -0.1) is 6.58 Å². The standard InChI is InChI=1S/C20H27ClN4O4S/c1-2-3-4-5-13-29-19(20(26)23-17-8-6-7-16(21)14-17)18(15-22)24-9-11-25(12-10-24)30(27)28/h2,6-8,14-15,22H,1,3-5,9-13H2,(H,23,26)(H,27,28). The number of hydrogen-bond acceptors (Lipinski definition) is 5. The number of allylic oxidation sites excluding steroid dienone is 2. The summed E-state index contributed by atoms with van der Waals surface area (Å²) in [6, 6.07) is 6.77. The number of amides is 1. The van der Waals surface area contributed by atoms with Gasteiger partial charge in [-0.2, -0.15) is 4.31 Å². The Bertz CT molecular complexity index is 810. The second-order valence-electron chi connectivity index (χ2n) is 6.60. The molecule has 1 aliphatic heterocycles. The molecule has 0 bridgehead atoms. The minimum atomic E-state index is -2.04. The van der Waals surface area contributed by atoms with Crippen molar-refractivity contribution in [2.24, 2.45) is 0 Å². The number of rotatable bonds is 11. The van der Waals surface area contributed by atoms with E-state index in [0.29, 0.717) is 49.2 Å². The van der Waals surface area contributed by atoms with Crippen LogP contribution in [0, 0.1) is 5.41 Å². The molecule has 1 aliphatic rings. The minimum Gasteiger partial charge on any atom is -0.486 e. The van der Waals surface area contributed by atoms with Gasteiger partial charge in [0.2, 0.25) is 17.0 Å². The molecule has 0 radical (unpaired) electrons. The van der Waals surface area contributed by atoms with Crippen LogP contribution in [-0.2, 0) is 20.8 Å². The first-order valence-corrected chi connectivity index (χ1v) is 11.1. The molecule has 1 atom stereocenters. The van der Waals surface area contributed by atoms with Crippen molar-refractivity contribution < 1.29 is 18.3 Å². The number of nitrogens with one attached hydrogen (secondary N) is 2. The number of benzene rings is 1. The third-order valence-electron chi connectivity index (χ3n) is 4.51. The number of ether oxygens (including phenoxy) is 1. The highest BCUT2D eigenvalue weighted by atomic mass is 35.5. The van der Waals surface area contributed by atoms with E-state index in [9.17, 15) is 13.6 Å². The molecule has 2 rings (SSSR count). The lowest BCUT2D eigenvalue weighted by atomic mass is 10.2. The zero-order valence-corrected chi connectivity index (χ0v) is 18.3. The predicted octanol–water partition coefficient (Wildman–Crippen LogP) is 3.27. The minimum absolute atomic E-state index is 0.0437. The van der Waals surface area contributed by atoms with Gasteiger partial charge in [-0.25, -0.2) is 4.21 Å². The zero-order chi connectivity index (χ0) is 21.9. The fourth-order valence-electron chi connectivity index (χ4n) is 2.96. The average Bonchev–Trinajstić information content (AvgIpc) is 2.73. The summed E-state index contributed by atoms with van der Waals surface area (Å²) in [6.07, 6.45) is 5.39. The molecule has 8 nitrogen and oxygen atoms in total. The van der Waals surface area contributed by atoms with Crippen molar-refractivity contribution in [2.45, 2.75) is 19.3 Å². The summed E-state index contributed by atoms with van der Waals surface area (Å²) in [5.74, 6) is -0.435. The van der Waals surface area contributed by atoms with Crippen LogP contribution in [0.5, 0.6) is 0 Å². The van der Waals surface area contributed by atoms with Crippen LogP contribution >= 0.6 is 11.6 Å². The summed E-state index contributed by atoms with van der Waals surface area (Å²) in [7, 11) is 0. The lowest BCUT2D eigenvalue weighted by Crippen LogP contribution is -2.47. The molecule has 1 heterocycles. The van der Waals surface area contributed by atoms with E-state index in [2.05, 4.69) is 11.9 Å². The Morgan fingerprint density at radius 2 is 2.07 bits per heavy atom. The van der Waals surface area contributed by atoms with E-state index in [1.807, 2.05) is 11.0 Å². The van der Waals surface area contributed by atoms with Crippen molar-refractivity contribution in [1.82, 2.24) is 9.21 Å². The van der Waals surface area contributed by atoms with Crippen molar-refractivity contribution in [1.29, 1.82) is 5.41 Å². The zero-order valence-electron chi connectivity index (χ0n) is 16.7. The molecule has 1 amide bonds. The van der Waals surface area contributed by atoms with Crippen molar-refractivity contribution in [3.05, 3.63) is 53.4 Å². The van der Waals surface area contributed by atoms with E-state index >= 15 is 0 Å². The summed E-state index contributed by atoms with van der Waals surface area (Å²) in [5.41, 5.74) is 0.853. The molecule has 10 heteroatoms. The van der Waals surface area contributed by atoms with Crippen LogP contribution in [0.2, 0.25) is 5.02 Å². The molecule has 1 unspecified atom stereocenters. The van der Waals surface area contributed by atoms with Gasteiger partial charge >= 0.3 is 0 Å². The van der Waals surface area contributed by atoms with Gasteiger partial charge in [0.1, 0.15) is 5.70 Å². The molecule has 1 fully saturated rings. The monoisotopic (exact) mass is 454 g/mol. The highest BCUT2D eigenvalue weighted by Gasteiger charge is 2.26. The van der Waals surface area contributed by atoms with Gasteiger partial charge in [-0.05, 0) is 37.5 Å². The first-order valence-electron chi connectivity index (χ1n) is 9.62. The van der Waals surface area contributed by atoms with Gasteiger partial charge in [0, 0.05) is 43.1 Å². The number of unbranched alkanes of at least 4 members (excludes halogenated alkanes) is 2. The smallest absolute Gasteiger partial charge is 0.293 e. The Hall–Kier alpha value is -2.20. The van der Waals surface area contributed by atoms with Crippen LogP contribution in [0.15, 0.2) is 48.4 Å². The quantitative estimate of drug-likeness (QED) is 0.119. The van der Waals surface area contributed by atoms with Crippen molar-refractivity contribution in [3.8, 4) is 0 Å². The van der Waals surface area contributed by atoms with Gasteiger partial charge < -0.3 is 20.4 Å². The summed E-state index contributed by atoms with van der Waals surface area (Å²) in [5, 5.41) is 11.1. The Morgan fingerprint density at radius 3 is 2.67 bits per heavy atom. The van der Waals surface area contributed by atoms with Crippen LogP contribution < -0.4 is 5.32 Å². The molecule has 0 saturated carbocycles. The van der Waals surface area contributed by atoms with Gasteiger partial charge in [0.05, 0.1) is 6.61 Å². The highest BCUT2D eigenvalue weighted by molar-refractivity contribution is 7.76. The van der Waals surface area contributed by atoms with Gasteiger partial charge in [-0.3, -0.25) is 9.35 Å². The highest BCUT2D eigenvalue weighted by Crippen LogP contribution is 2.19. The SMILES string of the molecule is C=CCCCCOC(C(=O)Nc1cccc(Cl)c1)=C(C=N)N1CCN(S(=O)O)CC1. The molecule has 3 N–H and O–H groups in total. The van der Waals surface area contributed by atoms with Crippen LogP contribution in [0.4, 0.5) is 5.69 Å². The van der Waals surface area contributed by atoms with Gasteiger partial charge in [0.25, 0.3) is 5.91 Å². The molecular formula is C20H27ClN4O4S. The molecule has 0 aliphatic carbocycles. The van der Waals surface area contributed by atoms with Crippen molar-refractivity contribution in [2.75, 3.05) is 38.1 Å². The van der Waals surface area contributed by atoms with E-state index in [4.69, 9.17) is 21.7 Å². The maximum atomic E-state index is 13.0. The maximum absolute atomic E-state index is 13.0. The third-order valence-corrected chi connectivity index (χ3v) is 5.55. The number of anilines is 1. The maximum Gasteiger partial charge on any atom is 0.293 e. The Balaban J connectivity index is 2.20. The van der Waals surface area contributed by atoms with Crippen LogP contribution in [-0.4, -0.2) is 62.9 Å². The van der Waals surface area contributed by atoms with E-state index in [1.165, 1.54) is 4.31 Å². The van der Waals surface area contributed by atoms with Gasteiger partial charge in [0.15, 0.2) is 0 Å². The van der Waals surface area contributed by atoms with Crippen LogP contribution in [0.25, 0.3) is 0 Å². The third kappa shape index (κ3) is 7.24. The average molecular weight is 455 g/mol. The van der Waals surface area contributed by atoms with E-state index < -0.39 is 17.2 Å². The Labute approximate surface area is 184 Å². The van der Waals surface area contributed by atoms with Gasteiger partial charge in [-0.1, -0.05) is 23.7 Å². The van der Waals surface area contributed by atoms with Crippen molar-refractivity contribution in [3.63, 3.8) is 0 Å². The second kappa shape index (κ2) is 12.5. The molecule has 1 aromatic carbocycles. The van der Waals surface area contributed by atoms with E-state index in [1.54, 1.807) is 24.3 Å². The topological polar surface area (TPSA) is 106 Å². The Kier molecular flexibility index (Phi) is 10.0. The number of halogens is 1. The molecule has 30 heavy (non-hydrogen) atoms. The normalized spacial score (nSPS) is 16.4. The first kappa shape index (κ1) is 24.1. The first-order chi connectivity index (χ1) is 14.5. The fraction of sp³-hybridized carbons (Fsp3) is 0.400. The number of carbonyl (C=O) groups is 1. The van der Waals surface area contributed by atoms with Crippen molar-refractivity contribution >= 4 is 40.7 Å². The summed E-state index contributed by atoms with van der Waals surface area (Å²) in [6.45, 7) is 5.48. The number of nitrogens with zero attached hydrogens (tertiary/aromatic N) is 2. The Morgan fingerprint density at radius 1 is 1.33 bits per heavy atom. The molecule has 1 aromatic rings. The summed E-state index contributed by atoms with van der Waals surface area (Å²) < 4.78 is 27.7. The number of piperazine rings is 1. The largest absolute Gasteiger partial charge is 0.486 e.